The maximum atomic E-state index is 11.5. The Kier molecular flexibility index (Phi) is 5.93. The number of aliphatic hydroxyl groups is 1. The Bertz CT molecular complexity index is 396. The number of ether oxygens (including phenoxy) is 2. The van der Waals surface area contributed by atoms with Gasteiger partial charge in [-0.1, -0.05) is 0 Å². The Morgan fingerprint density at radius 3 is 2.89 bits per heavy atom. The molecule has 1 heterocycles. The molecular weight excluding hydrogens is 236 g/mol. The molecule has 0 aliphatic heterocycles. The molecule has 0 aliphatic carbocycles. The molecule has 0 spiro atoms. The third kappa shape index (κ3) is 4.21. The van der Waals surface area contributed by atoms with Crippen molar-refractivity contribution in [3.8, 4) is 5.75 Å². The van der Waals surface area contributed by atoms with E-state index in [4.69, 9.17) is 15.6 Å². The fourth-order valence-electron chi connectivity index (χ4n) is 1.42. The van der Waals surface area contributed by atoms with Gasteiger partial charge in [0.15, 0.2) is 5.75 Å². The van der Waals surface area contributed by atoms with Gasteiger partial charge in [0, 0.05) is 6.61 Å². The molecule has 0 amide bonds. The van der Waals surface area contributed by atoms with Gasteiger partial charge in [0.2, 0.25) is 0 Å². The van der Waals surface area contributed by atoms with Crippen LogP contribution in [0.4, 0.5) is 5.82 Å². The summed E-state index contributed by atoms with van der Waals surface area (Å²) in [6.45, 7) is 0.631. The average molecular weight is 254 g/mol. The van der Waals surface area contributed by atoms with Gasteiger partial charge in [-0.2, -0.15) is 0 Å². The monoisotopic (exact) mass is 254 g/mol. The summed E-state index contributed by atoms with van der Waals surface area (Å²) in [5.41, 5.74) is 5.78. The maximum absolute atomic E-state index is 11.5. The molecule has 100 valence electrons. The third-order valence-corrected chi connectivity index (χ3v) is 2.35. The third-order valence-electron chi connectivity index (χ3n) is 2.35. The van der Waals surface area contributed by atoms with Crippen LogP contribution in [-0.4, -0.2) is 36.4 Å². The highest BCUT2D eigenvalue weighted by molar-refractivity contribution is 5.93. The number of pyridine rings is 1. The van der Waals surface area contributed by atoms with Crippen LogP contribution in [0.25, 0.3) is 0 Å². The minimum Gasteiger partial charge on any atom is -0.491 e. The van der Waals surface area contributed by atoms with Crippen LogP contribution in [0.15, 0.2) is 12.3 Å². The predicted octanol–water partition coefficient (Wildman–Crippen LogP) is 0.992. The Morgan fingerprint density at radius 2 is 2.22 bits per heavy atom. The number of esters is 1. The van der Waals surface area contributed by atoms with Gasteiger partial charge < -0.3 is 20.3 Å². The van der Waals surface area contributed by atoms with Gasteiger partial charge in [-0.05, 0) is 25.3 Å². The number of rotatable bonds is 7. The summed E-state index contributed by atoms with van der Waals surface area (Å²) in [4.78, 5) is 15.4. The number of nitrogens with two attached hydrogens (primary N) is 1. The summed E-state index contributed by atoms with van der Waals surface area (Å²) in [6, 6.07) is 1.43. The average Bonchev–Trinajstić information content (AvgIpc) is 2.39. The minimum atomic E-state index is -0.505. The van der Waals surface area contributed by atoms with Crippen LogP contribution in [0, 0.1) is 0 Å². The Balaban J connectivity index is 2.61. The highest BCUT2D eigenvalue weighted by Crippen LogP contribution is 2.20. The minimum absolute atomic E-state index is 0.177. The molecule has 0 fully saturated rings. The Labute approximate surface area is 106 Å². The molecule has 0 radical (unpaired) electrons. The lowest BCUT2D eigenvalue weighted by atomic mass is 10.2. The zero-order valence-corrected chi connectivity index (χ0v) is 10.4. The Morgan fingerprint density at radius 1 is 1.44 bits per heavy atom. The molecule has 1 rings (SSSR count). The lowest BCUT2D eigenvalue weighted by Gasteiger charge is -2.10. The number of nitrogen functional groups attached to an aromatic ring is 1. The smallest absolute Gasteiger partial charge is 0.341 e. The van der Waals surface area contributed by atoms with Crippen LogP contribution >= 0.6 is 0 Å². The van der Waals surface area contributed by atoms with Gasteiger partial charge in [0.1, 0.15) is 11.4 Å². The second kappa shape index (κ2) is 7.50. The SMILES string of the molecule is COC(=O)c1cc(N)ncc1OCCCCCO. The number of carbonyl (C=O) groups excluding carboxylic acids is 1. The number of nitrogens with zero attached hydrogens (tertiary/aromatic N) is 1. The fraction of sp³-hybridized carbons (Fsp3) is 0.500. The second-order valence-electron chi connectivity index (χ2n) is 3.73. The summed E-state index contributed by atoms with van der Waals surface area (Å²) >= 11 is 0. The molecule has 0 aromatic carbocycles. The van der Waals surface area contributed by atoms with Crippen LogP contribution in [0.5, 0.6) is 5.75 Å². The molecular formula is C12H18N2O4. The number of anilines is 1. The van der Waals surface area contributed by atoms with E-state index in [0.29, 0.717) is 12.4 Å². The molecule has 1 aromatic rings. The van der Waals surface area contributed by atoms with E-state index in [1.54, 1.807) is 0 Å². The quantitative estimate of drug-likeness (QED) is 0.556. The van der Waals surface area contributed by atoms with Gasteiger partial charge >= 0.3 is 5.97 Å². The van der Waals surface area contributed by atoms with E-state index in [2.05, 4.69) is 9.72 Å². The largest absolute Gasteiger partial charge is 0.491 e. The van der Waals surface area contributed by atoms with Crippen LogP contribution in [0.2, 0.25) is 0 Å². The van der Waals surface area contributed by atoms with Gasteiger partial charge in [0.25, 0.3) is 0 Å². The Hall–Kier alpha value is -1.82. The van der Waals surface area contributed by atoms with E-state index >= 15 is 0 Å². The molecule has 18 heavy (non-hydrogen) atoms. The van der Waals surface area contributed by atoms with Gasteiger partial charge in [-0.3, -0.25) is 0 Å². The first-order valence-corrected chi connectivity index (χ1v) is 5.76. The summed E-state index contributed by atoms with van der Waals surface area (Å²) < 4.78 is 10.1. The van der Waals surface area contributed by atoms with Crippen molar-refractivity contribution < 1.29 is 19.4 Å². The number of aromatic nitrogens is 1. The summed E-state index contributed by atoms with van der Waals surface area (Å²) in [5, 5.41) is 8.64. The van der Waals surface area contributed by atoms with Gasteiger partial charge in [0.05, 0.1) is 19.9 Å². The first kappa shape index (κ1) is 14.2. The fourth-order valence-corrected chi connectivity index (χ4v) is 1.42. The van der Waals surface area contributed by atoms with Gasteiger partial charge in [-0.25, -0.2) is 9.78 Å². The van der Waals surface area contributed by atoms with Crippen LogP contribution in [0.3, 0.4) is 0 Å². The first-order valence-electron chi connectivity index (χ1n) is 5.76. The molecule has 0 saturated heterocycles. The van der Waals surface area contributed by atoms with E-state index in [9.17, 15) is 4.79 Å². The number of hydrogen-bond acceptors (Lipinski definition) is 6. The van der Waals surface area contributed by atoms with Crippen molar-refractivity contribution in [3.05, 3.63) is 17.8 Å². The zero-order valence-electron chi connectivity index (χ0n) is 10.4. The van der Waals surface area contributed by atoms with E-state index < -0.39 is 5.97 Å². The summed E-state index contributed by atoms with van der Waals surface area (Å²) in [6.07, 6.45) is 3.82. The lowest BCUT2D eigenvalue weighted by Crippen LogP contribution is -2.08. The molecule has 0 atom stereocenters. The standard InChI is InChI=1S/C12H18N2O4/c1-17-12(16)9-7-11(13)14-8-10(9)18-6-4-2-3-5-15/h7-8,15H,2-6H2,1H3,(H2,13,14). The number of hydrogen-bond donors (Lipinski definition) is 2. The number of aliphatic hydroxyl groups excluding tert-OH is 1. The summed E-state index contributed by atoms with van der Waals surface area (Å²) in [7, 11) is 1.30. The molecule has 0 saturated carbocycles. The molecule has 6 heteroatoms. The second-order valence-corrected chi connectivity index (χ2v) is 3.73. The maximum Gasteiger partial charge on any atom is 0.341 e. The van der Waals surface area contributed by atoms with E-state index in [1.165, 1.54) is 19.4 Å². The highest BCUT2D eigenvalue weighted by Gasteiger charge is 2.14. The zero-order chi connectivity index (χ0) is 13.4. The molecule has 6 nitrogen and oxygen atoms in total. The first-order chi connectivity index (χ1) is 8.69. The molecule has 1 aromatic heterocycles. The van der Waals surface area contributed by atoms with E-state index in [-0.39, 0.29) is 18.0 Å². The van der Waals surface area contributed by atoms with Crippen molar-refractivity contribution in [2.45, 2.75) is 19.3 Å². The van der Waals surface area contributed by atoms with Crippen molar-refractivity contribution in [1.29, 1.82) is 0 Å². The van der Waals surface area contributed by atoms with E-state index in [0.717, 1.165) is 19.3 Å². The van der Waals surface area contributed by atoms with Crippen LogP contribution in [0.1, 0.15) is 29.6 Å². The molecule has 0 unspecified atom stereocenters. The van der Waals surface area contributed by atoms with Crippen molar-refractivity contribution in [2.75, 3.05) is 26.1 Å². The van der Waals surface area contributed by atoms with Crippen molar-refractivity contribution >= 4 is 11.8 Å². The number of methoxy groups -OCH3 is 1. The molecule has 3 N–H and O–H groups in total. The van der Waals surface area contributed by atoms with Crippen LogP contribution < -0.4 is 10.5 Å². The van der Waals surface area contributed by atoms with Crippen molar-refractivity contribution in [3.63, 3.8) is 0 Å². The number of carbonyl (C=O) groups is 1. The topological polar surface area (TPSA) is 94.7 Å². The molecule has 0 bridgehead atoms. The van der Waals surface area contributed by atoms with Crippen LogP contribution in [-0.2, 0) is 4.74 Å². The van der Waals surface area contributed by atoms with Crippen molar-refractivity contribution in [2.24, 2.45) is 0 Å². The van der Waals surface area contributed by atoms with E-state index in [1.807, 2.05) is 0 Å². The predicted molar refractivity (Wildman–Crippen MR) is 66.4 cm³/mol. The normalized spacial score (nSPS) is 10.1. The number of unbranched alkanes of at least 4 members (excludes halogenated alkanes) is 2. The molecule has 0 aliphatic rings. The summed E-state index contributed by atoms with van der Waals surface area (Å²) in [5.74, 6) is 0.0949. The van der Waals surface area contributed by atoms with Gasteiger partial charge in [-0.15, -0.1) is 0 Å². The van der Waals surface area contributed by atoms with Crippen molar-refractivity contribution in [1.82, 2.24) is 4.98 Å². The lowest BCUT2D eigenvalue weighted by molar-refractivity contribution is 0.0596. The highest BCUT2D eigenvalue weighted by atomic mass is 16.5.